The van der Waals surface area contributed by atoms with Crippen molar-refractivity contribution in [3.8, 4) is 67.5 Å². The quantitative estimate of drug-likeness (QED) is 0.171. The Morgan fingerprint density at radius 1 is 0.339 bits per heavy atom. The lowest BCUT2D eigenvalue weighted by atomic mass is 9.97. The SMILES string of the molecule is c1ccc(-c2ccc(-c3nc(-c4ccc(-c5ccccc5)cc4)nc(-c4cccc5c4oc4cccc(-c6ccc7sc8ccccc8c7c6)c45)n3)cc2)cc1. The normalized spacial score (nSPS) is 11.6. The number of furan rings is 1. The fourth-order valence-electron chi connectivity index (χ4n) is 7.80. The van der Waals surface area contributed by atoms with Gasteiger partial charge in [0.1, 0.15) is 11.2 Å². The second-order valence-electron chi connectivity index (χ2n) is 14.0. The van der Waals surface area contributed by atoms with Gasteiger partial charge in [-0.15, -0.1) is 11.3 Å². The van der Waals surface area contributed by atoms with Crippen LogP contribution in [0.15, 0.2) is 192 Å². The minimum Gasteiger partial charge on any atom is -0.455 e. The molecule has 11 aromatic rings. The predicted molar refractivity (Wildman–Crippen MR) is 233 cm³/mol. The van der Waals surface area contributed by atoms with Crippen LogP contribution in [0.1, 0.15) is 0 Å². The van der Waals surface area contributed by atoms with E-state index in [1.807, 2.05) is 35.6 Å². The molecular formula is C51H31N3OS. The van der Waals surface area contributed by atoms with E-state index >= 15 is 0 Å². The Balaban J connectivity index is 1.07. The van der Waals surface area contributed by atoms with Crippen LogP contribution in [0, 0.1) is 0 Å². The molecule has 0 aliphatic heterocycles. The largest absolute Gasteiger partial charge is 0.455 e. The van der Waals surface area contributed by atoms with Gasteiger partial charge in [0.15, 0.2) is 17.5 Å². The summed E-state index contributed by atoms with van der Waals surface area (Å²) in [6.07, 6.45) is 0. The number of aromatic nitrogens is 3. The van der Waals surface area contributed by atoms with Crippen LogP contribution in [0.3, 0.4) is 0 Å². The van der Waals surface area contributed by atoms with Crippen molar-refractivity contribution in [1.82, 2.24) is 15.0 Å². The third-order valence-electron chi connectivity index (χ3n) is 10.6. The number of nitrogens with zero attached hydrogens (tertiary/aromatic N) is 3. The molecule has 0 unspecified atom stereocenters. The van der Waals surface area contributed by atoms with Crippen molar-refractivity contribution in [2.45, 2.75) is 0 Å². The van der Waals surface area contributed by atoms with Crippen molar-refractivity contribution < 1.29 is 4.42 Å². The summed E-state index contributed by atoms with van der Waals surface area (Å²) in [6, 6.07) is 65.6. The standard InChI is InChI=1S/C51H31N3OS/c1-3-11-32(12-4-1)34-21-25-36(26-22-34)49-52-50(37-27-23-35(24-28-37)33-13-5-2-6-14-33)54-51(53-49)42-18-9-17-41-47-39(16-10-19-44(47)55-48(41)42)38-29-30-46-43(31-38)40-15-7-8-20-45(40)56-46/h1-31H. The highest BCUT2D eigenvalue weighted by molar-refractivity contribution is 7.25. The van der Waals surface area contributed by atoms with Crippen molar-refractivity contribution in [3.05, 3.63) is 188 Å². The van der Waals surface area contributed by atoms with Crippen LogP contribution < -0.4 is 0 Å². The van der Waals surface area contributed by atoms with Crippen molar-refractivity contribution in [3.63, 3.8) is 0 Å². The third kappa shape index (κ3) is 5.56. The molecule has 11 rings (SSSR count). The van der Waals surface area contributed by atoms with Crippen LogP contribution >= 0.6 is 11.3 Å². The highest BCUT2D eigenvalue weighted by Crippen LogP contribution is 2.42. The number of hydrogen-bond acceptors (Lipinski definition) is 5. The molecule has 0 saturated heterocycles. The number of fused-ring (bicyclic) bond motifs is 6. The van der Waals surface area contributed by atoms with Gasteiger partial charge in [-0.2, -0.15) is 0 Å². The van der Waals surface area contributed by atoms with E-state index in [4.69, 9.17) is 19.4 Å². The molecule has 0 saturated carbocycles. The maximum absolute atomic E-state index is 6.77. The summed E-state index contributed by atoms with van der Waals surface area (Å²) in [4.78, 5) is 15.4. The summed E-state index contributed by atoms with van der Waals surface area (Å²) in [5.74, 6) is 1.75. The lowest BCUT2D eigenvalue weighted by molar-refractivity contribution is 0.669. The van der Waals surface area contributed by atoms with Gasteiger partial charge < -0.3 is 4.42 Å². The van der Waals surface area contributed by atoms with Gasteiger partial charge in [-0.1, -0.05) is 158 Å². The number of hydrogen-bond donors (Lipinski definition) is 0. The summed E-state index contributed by atoms with van der Waals surface area (Å²) in [5.41, 5.74) is 11.1. The Bertz CT molecular complexity index is 3120. The highest BCUT2D eigenvalue weighted by Gasteiger charge is 2.20. The molecular weight excluding hydrogens is 703 g/mol. The van der Waals surface area contributed by atoms with E-state index in [-0.39, 0.29) is 0 Å². The molecule has 0 aliphatic rings. The van der Waals surface area contributed by atoms with Crippen LogP contribution in [0.25, 0.3) is 110 Å². The highest BCUT2D eigenvalue weighted by atomic mass is 32.1. The second-order valence-corrected chi connectivity index (χ2v) is 15.0. The Hall–Kier alpha value is -7.21. The molecule has 5 heteroatoms. The van der Waals surface area contributed by atoms with Crippen LogP contribution in [0.2, 0.25) is 0 Å². The van der Waals surface area contributed by atoms with Gasteiger partial charge in [-0.3, -0.25) is 0 Å². The Kier molecular flexibility index (Phi) is 7.64. The van der Waals surface area contributed by atoms with Gasteiger partial charge >= 0.3 is 0 Å². The molecule has 0 fully saturated rings. The second kappa shape index (κ2) is 13.3. The fraction of sp³-hybridized carbons (Fsp3) is 0. The lowest BCUT2D eigenvalue weighted by Crippen LogP contribution is -2.00. The molecule has 0 amide bonds. The summed E-state index contributed by atoms with van der Waals surface area (Å²) < 4.78 is 9.35. The van der Waals surface area contributed by atoms with E-state index in [0.717, 1.165) is 72.0 Å². The number of para-hydroxylation sites is 1. The van der Waals surface area contributed by atoms with E-state index in [2.05, 4.69) is 164 Å². The van der Waals surface area contributed by atoms with Gasteiger partial charge in [0.05, 0.1) is 5.56 Å². The number of thiophene rings is 1. The Morgan fingerprint density at radius 2 is 0.839 bits per heavy atom. The molecule has 0 radical (unpaired) electrons. The Labute approximate surface area is 327 Å². The van der Waals surface area contributed by atoms with E-state index in [1.54, 1.807) is 0 Å². The topological polar surface area (TPSA) is 51.8 Å². The first-order valence-corrected chi connectivity index (χ1v) is 19.5. The van der Waals surface area contributed by atoms with Gasteiger partial charge in [-0.05, 0) is 63.7 Å². The monoisotopic (exact) mass is 733 g/mol. The molecule has 0 spiro atoms. The van der Waals surface area contributed by atoms with E-state index in [1.165, 1.54) is 20.2 Å². The summed E-state index contributed by atoms with van der Waals surface area (Å²) in [7, 11) is 0. The van der Waals surface area contributed by atoms with Gasteiger partial charge in [0.25, 0.3) is 0 Å². The molecule has 4 nitrogen and oxygen atoms in total. The van der Waals surface area contributed by atoms with Gasteiger partial charge in [0, 0.05) is 42.1 Å². The zero-order chi connectivity index (χ0) is 37.0. The Morgan fingerprint density at radius 3 is 1.52 bits per heavy atom. The molecule has 56 heavy (non-hydrogen) atoms. The van der Waals surface area contributed by atoms with Crippen molar-refractivity contribution >= 4 is 53.4 Å². The van der Waals surface area contributed by atoms with Crippen LogP contribution in [-0.2, 0) is 0 Å². The molecule has 8 aromatic carbocycles. The first kappa shape index (κ1) is 32.2. The van der Waals surface area contributed by atoms with Crippen LogP contribution in [-0.4, -0.2) is 15.0 Å². The first-order valence-electron chi connectivity index (χ1n) is 18.7. The first-order chi connectivity index (χ1) is 27.7. The third-order valence-corrected chi connectivity index (χ3v) is 11.7. The molecule has 0 atom stereocenters. The van der Waals surface area contributed by atoms with Crippen LogP contribution in [0.4, 0.5) is 0 Å². The molecule has 262 valence electrons. The minimum absolute atomic E-state index is 0.557. The smallest absolute Gasteiger partial charge is 0.167 e. The van der Waals surface area contributed by atoms with E-state index in [0.29, 0.717) is 17.5 Å². The summed E-state index contributed by atoms with van der Waals surface area (Å²) in [5, 5.41) is 4.65. The molecule has 3 aromatic heterocycles. The van der Waals surface area contributed by atoms with Crippen molar-refractivity contribution in [2.75, 3.05) is 0 Å². The average Bonchev–Trinajstić information content (AvgIpc) is 3.85. The van der Waals surface area contributed by atoms with Crippen molar-refractivity contribution in [1.29, 1.82) is 0 Å². The van der Waals surface area contributed by atoms with Crippen molar-refractivity contribution in [2.24, 2.45) is 0 Å². The van der Waals surface area contributed by atoms with E-state index in [9.17, 15) is 0 Å². The number of benzene rings is 8. The zero-order valence-electron chi connectivity index (χ0n) is 30.1. The van der Waals surface area contributed by atoms with Gasteiger partial charge in [0.2, 0.25) is 0 Å². The van der Waals surface area contributed by atoms with Gasteiger partial charge in [-0.25, -0.2) is 15.0 Å². The fourth-order valence-corrected chi connectivity index (χ4v) is 8.88. The van der Waals surface area contributed by atoms with Crippen LogP contribution in [0.5, 0.6) is 0 Å². The number of rotatable bonds is 6. The molecule has 0 aliphatic carbocycles. The molecule has 3 heterocycles. The molecule has 0 bridgehead atoms. The summed E-state index contributed by atoms with van der Waals surface area (Å²) in [6.45, 7) is 0. The minimum atomic E-state index is 0.557. The lowest BCUT2D eigenvalue weighted by Gasteiger charge is -2.10. The average molecular weight is 734 g/mol. The maximum atomic E-state index is 6.77. The summed E-state index contributed by atoms with van der Waals surface area (Å²) >= 11 is 1.83. The van der Waals surface area contributed by atoms with E-state index < -0.39 is 0 Å². The predicted octanol–water partition coefficient (Wildman–Crippen LogP) is 14.1. The zero-order valence-corrected chi connectivity index (χ0v) is 30.9. The molecule has 0 N–H and O–H groups in total. The maximum Gasteiger partial charge on any atom is 0.167 e.